The summed E-state index contributed by atoms with van der Waals surface area (Å²) in [5.74, 6) is -1.91. The molecule has 0 aliphatic carbocycles. The summed E-state index contributed by atoms with van der Waals surface area (Å²) in [7, 11) is -2.92. The van der Waals surface area contributed by atoms with E-state index in [9.17, 15) is 18.0 Å². The lowest BCUT2D eigenvalue weighted by Crippen LogP contribution is -2.17. The summed E-state index contributed by atoms with van der Waals surface area (Å²) in [6, 6.07) is 9.26. The Kier molecular flexibility index (Phi) is 5.25. The summed E-state index contributed by atoms with van der Waals surface area (Å²) in [6.45, 7) is 0. The topological polar surface area (TPSA) is 110 Å². The molecule has 2 aromatic rings. The third-order valence-corrected chi connectivity index (χ3v) is 4.95. The molecule has 9 heteroatoms. The number of methoxy groups -OCH3 is 1. The number of sulfonamides is 1. The average molecular weight is 414 g/mol. The molecule has 0 aliphatic heterocycles. The van der Waals surface area contributed by atoms with Crippen molar-refractivity contribution in [1.82, 2.24) is 0 Å². The van der Waals surface area contributed by atoms with Crippen molar-refractivity contribution in [2.45, 2.75) is 4.90 Å². The van der Waals surface area contributed by atoms with Crippen molar-refractivity contribution < 1.29 is 27.9 Å². The van der Waals surface area contributed by atoms with Gasteiger partial charge >= 0.3 is 11.9 Å². The zero-order valence-corrected chi connectivity index (χ0v) is 14.7. The first-order valence-corrected chi connectivity index (χ1v) is 8.76. The van der Waals surface area contributed by atoms with Crippen molar-refractivity contribution in [2.75, 3.05) is 11.8 Å². The van der Waals surface area contributed by atoms with Crippen molar-refractivity contribution in [2.24, 2.45) is 0 Å². The molecule has 126 valence electrons. The van der Waals surface area contributed by atoms with Gasteiger partial charge in [-0.1, -0.05) is 15.9 Å². The van der Waals surface area contributed by atoms with E-state index in [0.717, 1.165) is 7.11 Å². The molecule has 0 fully saturated rings. The number of rotatable bonds is 5. The fourth-order valence-corrected chi connectivity index (χ4v) is 3.49. The van der Waals surface area contributed by atoms with E-state index in [1.807, 2.05) is 0 Å². The van der Waals surface area contributed by atoms with E-state index in [0.29, 0.717) is 4.47 Å². The van der Waals surface area contributed by atoms with Crippen LogP contribution in [0.1, 0.15) is 20.7 Å². The molecule has 0 heterocycles. The van der Waals surface area contributed by atoms with Gasteiger partial charge in [0.2, 0.25) is 0 Å². The van der Waals surface area contributed by atoms with Gasteiger partial charge in [-0.3, -0.25) is 4.72 Å². The van der Waals surface area contributed by atoms with Gasteiger partial charge in [0.25, 0.3) is 10.0 Å². The second-order valence-electron chi connectivity index (χ2n) is 4.62. The number of hydrogen-bond acceptors (Lipinski definition) is 5. The smallest absolute Gasteiger partial charge is 0.339 e. The number of halogens is 1. The number of esters is 1. The van der Waals surface area contributed by atoms with E-state index in [1.54, 1.807) is 0 Å². The first-order chi connectivity index (χ1) is 11.2. The van der Waals surface area contributed by atoms with Crippen LogP contribution in [-0.2, 0) is 14.8 Å². The summed E-state index contributed by atoms with van der Waals surface area (Å²) >= 11 is 3.17. The summed E-state index contributed by atoms with van der Waals surface area (Å²) in [5, 5.41) is 8.84. The van der Waals surface area contributed by atoms with Crippen LogP contribution in [-0.4, -0.2) is 32.6 Å². The molecule has 2 rings (SSSR count). The van der Waals surface area contributed by atoms with Gasteiger partial charge in [0, 0.05) is 10.2 Å². The zero-order chi connectivity index (χ0) is 17.9. The number of aromatic carboxylic acids is 1. The van der Waals surface area contributed by atoms with E-state index >= 15 is 0 Å². The maximum atomic E-state index is 12.5. The van der Waals surface area contributed by atoms with Crippen molar-refractivity contribution >= 4 is 43.6 Å². The van der Waals surface area contributed by atoms with Crippen molar-refractivity contribution in [3.05, 3.63) is 58.1 Å². The monoisotopic (exact) mass is 413 g/mol. The molecule has 0 bridgehead atoms. The molecule has 0 amide bonds. The van der Waals surface area contributed by atoms with Crippen LogP contribution in [0.2, 0.25) is 0 Å². The Hall–Kier alpha value is -2.39. The van der Waals surface area contributed by atoms with Crippen LogP contribution < -0.4 is 4.72 Å². The fraction of sp³-hybridized carbons (Fsp3) is 0.0667. The Morgan fingerprint density at radius 2 is 1.75 bits per heavy atom. The first kappa shape index (κ1) is 18.0. The highest BCUT2D eigenvalue weighted by Crippen LogP contribution is 2.24. The number of benzene rings is 2. The number of ether oxygens (including phenoxy) is 1. The molecule has 7 nitrogen and oxygen atoms in total. The van der Waals surface area contributed by atoms with Gasteiger partial charge in [0.15, 0.2) is 0 Å². The van der Waals surface area contributed by atoms with Crippen LogP contribution >= 0.6 is 15.9 Å². The summed E-state index contributed by atoms with van der Waals surface area (Å²) < 4.78 is 32.5. The molecule has 0 aliphatic rings. The number of carbonyl (C=O) groups is 2. The standard InChI is InChI=1S/C15H12BrNO6S/c1-23-15(20)12-8-10(16)4-7-13(12)24(21,22)17-11-5-2-9(3-6-11)14(18)19/h2-8,17H,1H3,(H,18,19). The molecule has 0 saturated carbocycles. The summed E-state index contributed by atoms with van der Waals surface area (Å²) in [4.78, 5) is 22.4. The molecule has 0 atom stereocenters. The van der Waals surface area contributed by atoms with Gasteiger partial charge in [-0.05, 0) is 42.5 Å². The SMILES string of the molecule is COC(=O)c1cc(Br)ccc1S(=O)(=O)Nc1ccc(C(=O)O)cc1. The van der Waals surface area contributed by atoms with Crippen LogP contribution in [0.5, 0.6) is 0 Å². The number of carboxylic acids is 1. The molecule has 2 N–H and O–H groups in total. The lowest BCUT2D eigenvalue weighted by atomic mass is 10.2. The van der Waals surface area contributed by atoms with Gasteiger partial charge in [-0.15, -0.1) is 0 Å². The predicted octanol–water partition coefficient (Wildman–Crippen LogP) is 2.73. The lowest BCUT2D eigenvalue weighted by Gasteiger charge is -2.12. The molecule has 24 heavy (non-hydrogen) atoms. The average Bonchev–Trinajstić information content (AvgIpc) is 2.53. The van der Waals surface area contributed by atoms with Gasteiger partial charge in [0.05, 0.1) is 18.2 Å². The van der Waals surface area contributed by atoms with Crippen LogP contribution in [0.25, 0.3) is 0 Å². The lowest BCUT2D eigenvalue weighted by molar-refractivity contribution is 0.0595. The Morgan fingerprint density at radius 1 is 1.12 bits per heavy atom. The number of carboxylic acid groups (broad SMARTS) is 1. The van der Waals surface area contributed by atoms with Crippen LogP contribution in [0.4, 0.5) is 5.69 Å². The largest absolute Gasteiger partial charge is 0.478 e. The zero-order valence-electron chi connectivity index (χ0n) is 12.3. The molecule has 0 spiro atoms. The van der Waals surface area contributed by atoms with Gasteiger partial charge in [-0.2, -0.15) is 0 Å². The molecule has 0 saturated heterocycles. The van der Waals surface area contributed by atoms with Crippen molar-refractivity contribution in [3.8, 4) is 0 Å². The first-order valence-electron chi connectivity index (χ1n) is 6.48. The fourth-order valence-electron chi connectivity index (χ4n) is 1.90. The number of hydrogen-bond donors (Lipinski definition) is 2. The van der Waals surface area contributed by atoms with Crippen molar-refractivity contribution in [1.29, 1.82) is 0 Å². The van der Waals surface area contributed by atoms with Gasteiger partial charge in [0.1, 0.15) is 4.90 Å². The Bertz CT molecular complexity index is 893. The Balaban J connectivity index is 2.40. The van der Waals surface area contributed by atoms with Gasteiger partial charge < -0.3 is 9.84 Å². The van der Waals surface area contributed by atoms with Gasteiger partial charge in [-0.25, -0.2) is 18.0 Å². The summed E-state index contributed by atoms with van der Waals surface area (Å²) in [6.07, 6.45) is 0. The van der Waals surface area contributed by atoms with Crippen LogP contribution in [0, 0.1) is 0 Å². The molecular weight excluding hydrogens is 402 g/mol. The van der Waals surface area contributed by atoms with E-state index in [-0.39, 0.29) is 21.7 Å². The molecule has 0 aromatic heterocycles. The molecular formula is C15H12BrNO6S. The van der Waals surface area contributed by atoms with E-state index in [1.165, 1.54) is 42.5 Å². The molecule has 2 aromatic carbocycles. The molecule has 0 unspecified atom stereocenters. The third kappa shape index (κ3) is 3.92. The van der Waals surface area contributed by atoms with E-state index < -0.39 is 22.0 Å². The van der Waals surface area contributed by atoms with E-state index in [2.05, 4.69) is 25.4 Å². The minimum atomic E-state index is -4.07. The minimum Gasteiger partial charge on any atom is -0.478 e. The normalized spacial score (nSPS) is 10.9. The predicted molar refractivity (Wildman–Crippen MR) is 89.7 cm³/mol. The van der Waals surface area contributed by atoms with E-state index in [4.69, 9.17) is 5.11 Å². The quantitative estimate of drug-likeness (QED) is 0.729. The molecule has 0 radical (unpaired) electrons. The maximum Gasteiger partial charge on any atom is 0.339 e. The number of nitrogens with one attached hydrogen (secondary N) is 1. The Labute approximate surface area is 146 Å². The third-order valence-electron chi connectivity index (χ3n) is 3.02. The summed E-state index contributed by atoms with van der Waals surface area (Å²) in [5.41, 5.74) is 0.0668. The number of anilines is 1. The second-order valence-corrected chi connectivity index (χ2v) is 7.19. The number of carbonyl (C=O) groups excluding carboxylic acids is 1. The van der Waals surface area contributed by atoms with Crippen LogP contribution in [0.15, 0.2) is 51.8 Å². The highest BCUT2D eigenvalue weighted by Gasteiger charge is 2.23. The second kappa shape index (κ2) is 7.02. The Morgan fingerprint density at radius 3 is 2.29 bits per heavy atom. The minimum absolute atomic E-state index is 0.0249. The highest BCUT2D eigenvalue weighted by molar-refractivity contribution is 9.10. The highest BCUT2D eigenvalue weighted by atomic mass is 79.9. The van der Waals surface area contributed by atoms with Crippen LogP contribution in [0.3, 0.4) is 0 Å². The maximum absolute atomic E-state index is 12.5. The van der Waals surface area contributed by atoms with Crippen molar-refractivity contribution in [3.63, 3.8) is 0 Å².